The Labute approximate surface area is 172 Å². The second-order valence-corrected chi connectivity index (χ2v) is 7.28. The van der Waals surface area contributed by atoms with Gasteiger partial charge in [0.1, 0.15) is 18.2 Å². The molecule has 0 unspecified atom stereocenters. The summed E-state index contributed by atoms with van der Waals surface area (Å²) in [5.41, 5.74) is 1.13. The molecule has 28 heavy (non-hydrogen) atoms. The Morgan fingerprint density at radius 1 is 1.21 bits per heavy atom. The van der Waals surface area contributed by atoms with Gasteiger partial charge in [0.25, 0.3) is 0 Å². The molecule has 0 aliphatic carbocycles. The molecule has 0 amide bonds. The maximum absolute atomic E-state index is 5.89. The number of guanidine groups is 1. The van der Waals surface area contributed by atoms with Gasteiger partial charge in [-0.15, -0.1) is 0 Å². The first-order valence-corrected chi connectivity index (χ1v) is 10.0. The average Bonchev–Trinajstić information content (AvgIpc) is 3.25. The summed E-state index contributed by atoms with van der Waals surface area (Å²) in [5.74, 6) is 2.70. The number of rotatable bonds is 7. The van der Waals surface area contributed by atoms with Gasteiger partial charge in [0.05, 0.1) is 6.54 Å². The predicted octanol–water partition coefficient (Wildman–Crippen LogP) is 3.42. The molecule has 2 heterocycles. The standard InChI is InChI=1S/C21H28ClN5O/c1-23-21(26(2)13-14-28-19-8-6-18(22)7-9-19)25-16-17-5-10-20(24-15-17)27-11-3-4-12-27/h5-10,15H,3-4,11-14,16H2,1-2H3,(H,23,25). The zero-order chi connectivity index (χ0) is 19.8. The summed E-state index contributed by atoms with van der Waals surface area (Å²) in [4.78, 5) is 13.3. The van der Waals surface area contributed by atoms with Gasteiger partial charge in [0.2, 0.25) is 0 Å². The van der Waals surface area contributed by atoms with E-state index in [0.717, 1.165) is 36.2 Å². The summed E-state index contributed by atoms with van der Waals surface area (Å²) >= 11 is 5.89. The minimum Gasteiger partial charge on any atom is -0.492 e. The summed E-state index contributed by atoms with van der Waals surface area (Å²) in [6.45, 7) is 4.18. The van der Waals surface area contributed by atoms with Crippen molar-refractivity contribution in [1.29, 1.82) is 0 Å². The first-order chi connectivity index (χ1) is 13.7. The number of aliphatic imine (C=N–C) groups is 1. The highest BCUT2D eigenvalue weighted by atomic mass is 35.5. The van der Waals surface area contributed by atoms with Gasteiger partial charge in [0, 0.05) is 44.9 Å². The number of hydrogen-bond donors (Lipinski definition) is 1. The van der Waals surface area contributed by atoms with E-state index in [9.17, 15) is 0 Å². The van der Waals surface area contributed by atoms with Gasteiger partial charge in [-0.1, -0.05) is 17.7 Å². The van der Waals surface area contributed by atoms with Crippen LogP contribution in [0, 0.1) is 0 Å². The number of benzene rings is 1. The van der Waals surface area contributed by atoms with Crippen molar-refractivity contribution in [2.45, 2.75) is 19.4 Å². The smallest absolute Gasteiger partial charge is 0.193 e. The van der Waals surface area contributed by atoms with Gasteiger partial charge < -0.3 is 19.9 Å². The van der Waals surface area contributed by atoms with E-state index >= 15 is 0 Å². The number of nitrogens with zero attached hydrogens (tertiary/aromatic N) is 4. The van der Waals surface area contributed by atoms with Crippen molar-refractivity contribution in [2.24, 2.45) is 4.99 Å². The van der Waals surface area contributed by atoms with Crippen LogP contribution in [0.5, 0.6) is 5.75 Å². The number of likely N-dealkylation sites (N-methyl/N-ethyl adjacent to an activating group) is 1. The number of aromatic nitrogens is 1. The van der Waals surface area contributed by atoms with Crippen molar-refractivity contribution in [2.75, 3.05) is 45.2 Å². The fourth-order valence-electron chi connectivity index (χ4n) is 3.16. The van der Waals surface area contributed by atoms with Crippen molar-refractivity contribution in [3.63, 3.8) is 0 Å². The molecule has 1 aromatic heterocycles. The van der Waals surface area contributed by atoms with Crippen LogP contribution in [0.25, 0.3) is 0 Å². The van der Waals surface area contributed by atoms with Crippen molar-refractivity contribution in [3.8, 4) is 5.75 Å². The number of anilines is 1. The van der Waals surface area contributed by atoms with Gasteiger partial charge >= 0.3 is 0 Å². The Bertz CT molecular complexity index is 757. The summed E-state index contributed by atoms with van der Waals surface area (Å²) < 4.78 is 5.75. The molecule has 150 valence electrons. The van der Waals surface area contributed by atoms with E-state index in [2.05, 4.69) is 32.3 Å². The maximum atomic E-state index is 5.89. The Balaban J connectivity index is 1.43. The fourth-order valence-corrected chi connectivity index (χ4v) is 3.28. The number of ether oxygens (including phenoxy) is 1. The van der Waals surface area contributed by atoms with E-state index in [1.54, 1.807) is 7.05 Å². The van der Waals surface area contributed by atoms with Gasteiger partial charge in [-0.3, -0.25) is 4.99 Å². The predicted molar refractivity (Wildman–Crippen MR) is 115 cm³/mol. The fraction of sp³-hybridized carbons (Fsp3) is 0.429. The molecule has 0 atom stereocenters. The van der Waals surface area contributed by atoms with Crippen LogP contribution in [0.15, 0.2) is 47.6 Å². The van der Waals surface area contributed by atoms with Crippen molar-refractivity contribution < 1.29 is 4.74 Å². The molecule has 1 aliphatic rings. The van der Waals surface area contributed by atoms with Gasteiger partial charge in [-0.2, -0.15) is 0 Å². The van der Waals surface area contributed by atoms with E-state index in [-0.39, 0.29) is 0 Å². The number of nitrogens with one attached hydrogen (secondary N) is 1. The minimum absolute atomic E-state index is 0.560. The SMILES string of the molecule is CN=C(NCc1ccc(N2CCCC2)nc1)N(C)CCOc1ccc(Cl)cc1. The highest BCUT2D eigenvalue weighted by Crippen LogP contribution is 2.17. The van der Waals surface area contributed by atoms with Crippen LogP contribution < -0.4 is 15.0 Å². The molecule has 0 saturated carbocycles. The molecular formula is C21H28ClN5O. The Kier molecular flexibility index (Phi) is 7.37. The topological polar surface area (TPSA) is 53.0 Å². The lowest BCUT2D eigenvalue weighted by atomic mass is 10.3. The van der Waals surface area contributed by atoms with Gasteiger partial charge in [-0.25, -0.2) is 4.98 Å². The molecule has 0 spiro atoms. The van der Waals surface area contributed by atoms with Crippen LogP contribution in [0.3, 0.4) is 0 Å². The van der Waals surface area contributed by atoms with Crippen LogP contribution in [0.4, 0.5) is 5.82 Å². The monoisotopic (exact) mass is 401 g/mol. The van der Waals surface area contributed by atoms with Gasteiger partial charge in [0.15, 0.2) is 5.96 Å². The first-order valence-electron chi connectivity index (χ1n) is 9.66. The van der Waals surface area contributed by atoms with Crippen molar-refractivity contribution in [3.05, 3.63) is 53.2 Å². The largest absolute Gasteiger partial charge is 0.492 e. The number of halogens is 1. The third-order valence-electron chi connectivity index (χ3n) is 4.77. The second kappa shape index (κ2) is 10.2. The van der Waals surface area contributed by atoms with Crippen LogP contribution >= 0.6 is 11.6 Å². The summed E-state index contributed by atoms with van der Waals surface area (Å²) in [6, 6.07) is 11.6. The zero-order valence-electron chi connectivity index (χ0n) is 16.6. The molecule has 1 fully saturated rings. The molecule has 6 nitrogen and oxygen atoms in total. The van der Waals surface area contributed by atoms with Crippen molar-refractivity contribution >= 4 is 23.4 Å². The Morgan fingerprint density at radius 2 is 1.96 bits per heavy atom. The lowest BCUT2D eigenvalue weighted by Crippen LogP contribution is -2.40. The highest BCUT2D eigenvalue weighted by molar-refractivity contribution is 6.30. The summed E-state index contributed by atoms with van der Waals surface area (Å²) in [7, 11) is 3.78. The molecule has 2 aromatic rings. The van der Waals surface area contributed by atoms with E-state index in [4.69, 9.17) is 16.3 Å². The van der Waals surface area contributed by atoms with E-state index in [1.165, 1.54) is 12.8 Å². The molecule has 3 rings (SSSR count). The Hall–Kier alpha value is -2.47. The molecule has 0 bridgehead atoms. The second-order valence-electron chi connectivity index (χ2n) is 6.84. The minimum atomic E-state index is 0.560. The molecule has 1 saturated heterocycles. The normalized spacial score (nSPS) is 14.2. The zero-order valence-corrected chi connectivity index (χ0v) is 17.3. The van der Waals surface area contributed by atoms with Crippen molar-refractivity contribution in [1.82, 2.24) is 15.2 Å². The quantitative estimate of drug-likeness (QED) is 0.569. The number of hydrogen-bond acceptors (Lipinski definition) is 4. The van der Waals surface area contributed by atoms with Crippen LogP contribution in [-0.2, 0) is 6.54 Å². The Morgan fingerprint density at radius 3 is 2.61 bits per heavy atom. The number of pyridine rings is 1. The lowest BCUT2D eigenvalue weighted by molar-refractivity contribution is 0.281. The maximum Gasteiger partial charge on any atom is 0.193 e. The third-order valence-corrected chi connectivity index (χ3v) is 5.02. The first kappa shape index (κ1) is 20.3. The molecule has 0 radical (unpaired) electrons. The van der Waals surface area contributed by atoms with E-state index in [1.807, 2.05) is 42.4 Å². The molecular weight excluding hydrogens is 374 g/mol. The van der Waals surface area contributed by atoms with E-state index in [0.29, 0.717) is 24.7 Å². The summed E-state index contributed by atoms with van der Waals surface area (Å²) in [6.07, 6.45) is 4.46. The van der Waals surface area contributed by atoms with E-state index < -0.39 is 0 Å². The molecule has 1 N–H and O–H groups in total. The average molecular weight is 402 g/mol. The summed E-state index contributed by atoms with van der Waals surface area (Å²) in [5, 5.41) is 4.09. The molecule has 1 aliphatic heterocycles. The molecule has 7 heteroatoms. The highest BCUT2D eigenvalue weighted by Gasteiger charge is 2.13. The molecule has 1 aromatic carbocycles. The van der Waals surface area contributed by atoms with Crippen LogP contribution in [0.2, 0.25) is 5.02 Å². The van der Waals surface area contributed by atoms with Gasteiger partial charge in [-0.05, 0) is 48.7 Å². The van der Waals surface area contributed by atoms with Crippen LogP contribution in [0.1, 0.15) is 18.4 Å². The lowest BCUT2D eigenvalue weighted by Gasteiger charge is -2.22. The third kappa shape index (κ3) is 5.76. The van der Waals surface area contributed by atoms with Crippen LogP contribution in [-0.4, -0.2) is 56.2 Å².